The van der Waals surface area contributed by atoms with E-state index in [4.69, 9.17) is 0 Å². The van der Waals surface area contributed by atoms with Crippen LogP contribution in [0.1, 0.15) is 39.5 Å². The van der Waals surface area contributed by atoms with Gasteiger partial charge in [0.1, 0.15) is 0 Å². The van der Waals surface area contributed by atoms with Crippen molar-refractivity contribution >= 4 is 11.8 Å². The van der Waals surface area contributed by atoms with Crippen LogP contribution in [0.5, 0.6) is 0 Å². The summed E-state index contributed by atoms with van der Waals surface area (Å²) in [4.78, 5) is 0. The molecule has 2 heteroatoms. The average Bonchev–Trinajstić information content (AvgIpc) is 2.06. The van der Waals surface area contributed by atoms with Crippen LogP contribution in [0.3, 0.4) is 0 Å². The summed E-state index contributed by atoms with van der Waals surface area (Å²) in [6, 6.07) is 1.65. The minimum atomic E-state index is 0.802. The van der Waals surface area contributed by atoms with Gasteiger partial charge in [0.2, 0.25) is 0 Å². The third kappa shape index (κ3) is 2.41. The van der Waals surface area contributed by atoms with Crippen molar-refractivity contribution < 1.29 is 0 Å². The Hall–Kier alpha value is 0.310. The Morgan fingerprint density at radius 1 is 1.23 bits per heavy atom. The van der Waals surface area contributed by atoms with Gasteiger partial charge in [0, 0.05) is 17.3 Å². The van der Waals surface area contributed by atoms with Gasteiger partial charge in [-0.3, -0.25) is 0 Å². The van der Waals surface area contributed by atoms with Crippen LogP contribution in [-0.4, -0.2) is 23.1 Å². The zero-order chi connectivity index (χ0) is 9.26. The lowest BCUT2D eigenvalue weighted by Gasteiger charge is -2.39. The number of rotatable bonds is 2. The molecule has 0 aromatic carbocycles. The standard InChI is InChI=1S/C11H21NS/c1-8-6-10(7-8)12-11-4-3-5-13-9(11)2/h8-12H,3-7H2,1-2H3. The summed E-state index contributed by atoms with van der Waals surface area (Å²) >= 11 is 2.14. The van der Waals surface area contributed by atoms with Gasteiger partial charge in [0.25, 0.3) is 0 Å². The SMILES string of the molecule is CC1CC(NC2CCCSC2C)C1. The summed E-state index contributed by atoms with van der Waals surface area (Å²) in [6.07, 6.45) is 5.63. The van der Waals surface area contributed by atoms with Crippen LogP contribution in [0.15, 0.2) is 0 Å². The van der Waals surface area contributed by atoms with Crippen molar-refractivity contribution in [2.24, 2.45) is 5.92 Å². The lowest BCUT2D eigenvalue weighted by molar-refractivity contribution is 0.216. The van der Waals surface area contributed by atoms with Gasteiger partial charge in [-0.25, -0.2) is 0 Å². The van der Waals surface area contributed by atoms with Crippen molar-refractivity contribution in [3.8, 4) is 0 Å². The molecule has 0 aromatic rings. The van der Waals surface area contributed by atoms with Crippen molar-refractivity contribution in [1.82, 2.24) is 5.32 Å². The Balaban J connectivity index is 1.73. The molecule has 76 valence electrons. The van der Waals surface area contributed by atoms with E-state index in [1.165, 1.54) is 31.4 Å². The first kappa shape index (κ1) is 9.85. The molecule has 2 atom stereocenters. The Morgan fingerprint density at radius 3 is 2.62 bits per heavy atom. The minimum Gasteiger partial charge on any atom is -0.310 e. The quantitative estimate of drug-likeness (QED) is 0.734. The fourth-order valence-electron chi connectivity index (χ4n) is 2.48. The summed E-state index contributed by atoms with van der Waals surface area (Å²) < 4.78 is 0. The molecule has 2 unspecified atom stereocenters. The van der Waals surface area contributed by atoms with Crippen LogP contribution in [0, 0.1) is 5.92 Å². The van der Waals surface area contributed by atoms with Gasteiger partial charge in [-0.05, 0) is 37.4 Å². The monoisotopic (exact) mass is 199 g/mol. The van der Waals surface area contributed by atoms with E-state index in [1.807, 2.05) is 0 Å². The molecule has 0 radical (unpaired) electrons. The summed E-state index contributed by atoms with van der Waals surface area (Å²) in [6.45, 7) is 4.74. The maximum Gasteiger partial charge on any atom is 0.0186 e. The predicted octanol–water partition coefficient (Wildman–Crippen LogP) is 2.66. The second kappa shape index (κ2) is 4.22. The van der Waals surface area contributed by atoms with Crippen LogP contribution in [-0.2, 0) is 0 Å². The maximum absolute atomic E-state index is 3.81. The summed E-state index contributed by atoms with van der Waals surface area (Å²) in [5, 5.41) is 4.65. The van der Waals surface area contributed by atoms with Crippen LogP contribution in [0.2, 0.25) is 0 Å². The summed E-state index contributed by atoms with van der Waals surface area (Å²) in [5.74, 6) is 2.35. The predicted molar refractivity (Wildman–Crippen MR) is 60.3 cm³/mol. The molecule has 1 aliphatic carbocycles. The van der Waals surface area contributed by atoms with E-state index in [0.29, 0.717) is 0 Å². The van der Waals surface area contributed by atoms with Crippen molar-refractivity contribution in [2.75, 3.05) is 5.75 Å². The average molecular weight is 199 g/mol. The smallest absolute Gasteiger partial charge is 0.0186 e. The highest BCUT2D eigenvalue weighted by molar-refractivity contribution is 7.99. The second-order valence-electron chi connectivity index (χ2n) is 4.76. The van der Waals surface area contributed by atoms with Crippen molar-refractivity contribution in [3.05, 3.63) is 0 Å². The van der Waals surface area contributed by atoms with Gasteiger partial charge in [-0.15, -0.1) is 0 Å². The lowest BCUT2D eigenvalue weighted by atomic mass is 9.81. The van der Waals surface area contributed by atoms with E-state index in [0.717, 1.165) is 23.3 Å². The molecule has 0 spiro atoms. The molecular weight excluding hydrogens is 178 g/mol. The first-order valence-electron chi connectivity index (χ1n) is 5.63. The van der Waals surface area contributed by atoms with E-state index in [1.54, 1.807) is 0 Å². The zero-order valence-electron chi connectivity index (χ0n) is 8.75. The van der Waals surface area contributed by atoms with E-state index in [9.17, 15) is 0 Å². The molecule has 0 amide bonds. The van der Waals surface area contributed by atoms with Gasteiger partial charge >= 0.3 is 0 Å². The zero-order valence-corrected chi connectivity index (χ0v) is 9.57. The van der Waals surface area contributed by atoms with Gasteiger partial charge in [0.15, 0.2) is 0 Å². The Morgan fingerprint density at radius 2 is 2.00 bits per heavy atom. The van der Waals surface area contributed by atoms with Crippen molar-refractivity contribution in [2.45, 2.75) is 56.9 Å². The molecule has 1 aliphatic heterocycles. The highest BCUT2D eigenvalue weighted by Gasteiger charge is 2.30. The fraction of sp³-hybridized carbons (Fsp3) is 1.00. The Labute approximate surface area is 86.0 Å². The molecular formula is C11H21NS. The first-order valence-corrected chi connectivity index (χ1v) is 6.68. The van der Waals surface area contributed by atoms with Crippen LogP contribution < -0.4 is 5.32 Å². The van der Waals surface area contributed by atoms with Gasteiger partial charge in [-0.2, -0.15) is 11.8 Å². The summed E-state index contributed by atoms with van der Waals surface area (Å²) in [7, 11) is 0. The first-order chi connectivity index (χ1) is 6.25. The second-order valence-corrected chi connectivity index (χ2v) is 6.25. The molecule has 1 heterocycles. The number of thioether (sulfide) groups is 1. The van der Waals surface area contributed by atoms with Gasteiger partial charge < -0.3 is 5.32 Å². The molecule has 1 saturated heterocycles. The Bertz CT molecular complexity index is 165. The topological polar surface area (TPSA) is 12.0 Å². The normalized spacial score (nSPS) is 45.7. The molecule has 1 nitrogen and oxygen atoms in total. The molecule has 1 saturated carbocycles. The third-order valence-corrected chi connectivity index (χ3v) is 4.81. The largest absolute Gasteiger partial charge is 0.310 e. The van der Waals surface area contributed by atoms with E-state index < -0.39 is 0 Å². The van der Waals surface area contributed by atoms with Crippen LogP contribution >= 0.6 is 11.8 Å². The van der Waals surface area contributed by atoms with E-state index >= 15 is 0 Å². The van der Waals surface area contributed by atoms with E-state index in [-0.39, 0.29) is 0 Å². The molecule has 0 bridgehead atoms. The highest BCUT2D eigenvalue weighted by Crippen LogP contribution is 2.30. The van der Waals surface area contributed by atoms with Gasteiger partial charge in [0.05, 0.1) is 0 Å². The van der Waals surface area contributed by atoms with Crippen molar-refractivity contribution in [3.63, 3.8) is 0 Å². The van der Waals surface area contributed by atoms with Gasteiger partial charge in [-0.1, -0.05) is 13.8 Å². The number of hydrogen-bond acceptors (Lipinski definition) is 2. The van der Waals surface area contributed by atoms with E-state index in [2.05, 4.69) is 30.9 Å². The van der Waals surface area contributed by atoms with Crippen molar-refractivity contribution in [1.29, 1.82) is 0 Å². The third-order valence-electron chi connectivity index (χ3n) is 3.43. The maximum atomic E-state index is 3.81. The van der Waals surface area contributed by atoms with Crippen LogP contribution in [0.4, 0.5) is 0 Å². The summed E-state index contributed by atoms with van der Waals surface area (Å²) in [5.41, 5.74) is 0. The lowest BCUT2D eigenvalue weighted by Crippen LogP contribution is -2.49. The van der Waals surface area contributed by atoms with Crippen LogP contribution in [0.25, 0.3) is 0 Å². The molecule has 2 fully saturated rings. The number of hydrogen-bond donors (Lipinski definition) is 1. The molecule has 1 N–H and O–H groups in total. The minimum absolute atomic E-state index is 0.802. The highest BCUT2D eigenvalue weighted by atomic mass is 32.2. The Kier molecular flexibility index (Phi) is 3.20. The fourth-order valence-corrected chi connectivity index (χ4v) is 3.64. The molecule has 2 aliphatic rings. The molecule has 13 heavy (non-hydrogen) atoms. The molecule has 0 aromatic heterocycles. The number of nitrogens with one attached hydrogen (secondary N) is 1. The molecule has 2 rings (SSSR count).